The SMILES string of the molecule is CCSCCC(C)NC1CCCC(C(F)(F)F)C1. The van der Waals surface area contributed by atoms with Crippen LogP contribution in [0.15, 0.2) is 0 Å². The molecule has 0 bridgehead atoms. The van der Waals surface area contributed by atoms with Crippen molar-refractivity contribution in [3.05, 3.63) is 0 Å². The predicted octanol–water partition coefficient (Wildman–Crippen LogP) is 4.23. The first-order valence-electron chi connectivity index (χ1n) is 6.84. The van der Waals surface area contributed by atoms with E-state index in [-0.39, 0.29) is 12.5 Å². The molecule has 1 aliphatic carbocycles. The largest absolute Gasteiger partial charge is 0.391 e. The molecule has 1 saturated carbocycles. The molecule has 1 N–H and O–H groups in total. The number of nitrogens with one attached hydrogen (secondary N) is 1. The number of hydrogen-bond acceptors (Lipinski definition) is 2. The van der Waals surface area contributed by atoms with E-state index in [1.165, 1.54) is 0 Å². The Balaban J connectivity index is 2.29. The molecule has 0 amide bonds. The van der Waals surface area contributed by atoms with Crippen LogP contribution < -0.4 is 5.32 Å². The summed E-state index contributed by atoms with van der Waals surface area (Å²) in [5.74, 6) is 1.09. The number of halogens is 3. The van der Waals surface area contributed by atoms with E-state index in [1.807, 2.05) is 11.8 Å². The molecule has 0 aliphatic heterocycles. The number of thioether (sulfide) groups is 1. The molecule has 0 spiro atoms. The zero-order valence-electron chi connectivity index (χ0n) is 11.2. The van der Waals surface area contributed by atoms with Crippen molar-refractivity contribution in [2.75, 3.05) is 11.5 Å². The first-order chi connectivity index (χ1) is 8.43. The summed E-state index contributed by atoms with van der Waals surface area (Å²) in [4.78, 5) is 0. The van der Waals surface area contributed by atoms with E-state index in [0.29, 0.717) is 18.9 Å². The first kappa shape index (κ1) is 16.2. The van der Waals surface area contributed by atoms with Gasteiger partial charge in [0.05, 0.1) is 5.92 Å². The molecular formula is C13H24F3NS. The smallest absolute Gasteiger partial charge is 0.311 e. The highest BCUT2D eigenvalue weighted by Crippen LogP contribution is 2.37. The Morgan fingerprint density at radius 1 is 1.33 bits per heavy atom. The van der Waals surface area contributed by atoms with Crippen LogP contribution in [0.5, 0.6) is 0 Å². The fourth-order valence-electron chi connectivity index (χ4n) is 2.53. The third-order valence-electron chi connectivity index (χ3n) is 3.56. The minimum absolute atomic E-state index is 0.0481. The van der Waals surface area contributed by atoms with Crippen molar-refractivity contribution in [2.45, 2.75) is 64.2 Å². The summed E-state index contributed by atoms with van der Waals surface area (Å²) >= 11 is 1.88. The average Bonchev–Trinajstić information content (AvgIpc) is 2.28. The zero-order chi connectivity index (χ0) is 13.6. The molecule has 0 heterocycles. The van der Waals surface area contributed by atoms with Gasteiger partial charge in [-0.05, 0) is 44.1 Å². The van der Waals surface area contributed by atoms with Crippen LogP contribution in [0.1, 0.15) is 46.0 Å². The normalized spacial score (nSPS) is 27.2. The zero-order valence-corrected chi connectivity index (χ0v) is 12.0. The first-order valence-corrected chi connectivity index (χ1v) is 7.99. The molecule has 0 aromatic carbocycles. The van der Waals surface area contributed by atoms with Gasteiger partial charge in [-0.3, -0.25) is 0 Å². The molecule has 18 heavy (non-hydrogen) atoms. The minimum atomic E-state index is -4.01. The van der Waals surface area contributed by atoms with E-state index in [2.05, 4.69) is 19.2 Å². The Bertz CT molecular complexity index is 233. The maximum Gasteiger partial charge on any atom is 0.391 e. The molecule has 5 heteroatoms. The van der Waals surface area contributed by atoms with E-state index in [0.717, 1.165) is 24.3 Å². The van der Waals surface area contributed by atoms with Gasteiger partial charge in [-0.15, -0.1) is 0 Å². The maximum atomic E-state index is 12.7. The molecule has 1 rings (SSSR count). The summed E-state index contributed by atoms with van der Waals surface area (Å²) in [5.41, 5.74) is 0. The second-order valence-corrected chi connectivity index (χ2v) is 6.55. The van der Waals surface area contributed by atoms with Crippen LogP contribution in [0.3, 0.4) is 0 Å². The van der Waals surface area contributed by atoms with E-state index < -0.39 is 12.1 Å². The Labute approximate surface area is 112 Å². The van der Waals surface area contributed by atoms with Crippen LogP contribution >= 0.6 is 11.8 Å². The predicted molar refractivity (Wildman–Crippen MR) is 72.0 cm³/mol. The van der Waals surface area contributed by atoms with Gasteiger partial charge < -0.3 is 5.32 Å². The number of rotatable bonds is 6. The summed E-state index contributed by atoms with van der Waals surface area (Å²) in [6, 6.07) is 0.369. The summed E-state index contributed by atoms with van der Waals surface area (Å²) < 4.78 is 38.0. The number of hydrogen-bond donors (Lipinski definition) is 1. The van der Waals surface area contributed by atoms with Gasteiger partial charge in [0, 0.05) is 12.1 Å². The van der Waals surface area contributed by atoms with Crippen molar-refractivity contribution in [1.82, 2.24) is 5.32 Å². The van der Waals surface area contributed by atoms with Gasteiger partial charge in [0.25, 0.3) is 0 Å². The van der Waals surface area contributed by atoms with E-state index >= 15 is 0 Å². The lowest BCUT2D eigenvalue weighted by atomic mass is 9.85. The molecule has 108 valence electrons. The molecule has 0 radical (unpaired) electrons. The van der Waals surface area contributed by atoms with Gasteiger partial charge in [0.1, 0.15) is 0 Å². The topological polar surface area (TPSA) is 12.0 Å². The van der Waals surface area contributed by atoms with Gasteiger partial charge in [-0.1, -0.05) is 13.3 Å². The lowest BCUT2D eigenvalue weighted by Gasteiger charge is -2.33. The third kappa shape index (κ3) is 5.83. The molecule has 0 saturated heterocycles. The highest BCUT2D eigenvalue weighted by atomic mass is 32.2. The van der Waals surface area contributed by atoms with E-state index in [1.54, 1.807) is 0 Å². The molecular weight excluding hydrogens is 259 g/mol. The van der Waals surface area contributed by atoms with Crippen LogP contribution in [-0.4, -0.2) is 29.8 Å². The van der Waals surface area contributed by atoms with Crippen LogP contribution in [0.2, 0.25) is 0 Å². The fourth-order valence-corrected chi connectivity index (χ4v) is 3.34. The quantitative estimate of drug-likeness (QED) is 0.732. The Morgan fingerprint density at radius 2 is 2.06 bits per heavy atom. The molecule has 1 aliphatic rings. The van der Waals surface area contributed by atoms with Gasteiger partial charge in [-0.2, -0.15) is 24.9 Å². The van der Waals surface area contributed by atoms with Gasteiger partial charge in [0.15, 0.2) is 0 Å². The van der Waals surface area contributed by atoms with E-state index in [9.17, 15) is 13.2 Å². The molecule has 3 atom stereocenters. The monoisotopic (exact) mass is 283 g/mol. The van der Waals surface area contributed by atoms with Gasteiger partial charge in [-0.25, -0.2) is 0 Å². The second-order valence-electron chi connectivity index (χ2n) is 5.16. The van der Waals surface area contributed by atoms with Crippen LogP contribution in [0, 0.1) is 5.92 Å². The van der Waals surface area contributed by atoms with E-state index in [4.69, 9.17) is 0 Å². The van der Waals surface area contributed by atoms with Crippen molar-refractivity contribution in [3.63, 3.8) is 0 Å². The van der Waals surface area contributed by atoms with Crippen molar-refractivity contribution in [2.24, 2.45) is 5.92 Å². The second kappa shape index (κ2) is 7.63. The minimum Gasteiger partial charge on any atom is -0.311 e. The summed E-state index contributed by atoms with van der Waals surface area (Å²) in [5, 5.41) is 3.37. The van der Waals surface area contributed by atoms with Crippen LogP contribution in [-0.2, 0) is 0 Å². The Morgan fingerprint density at radius 3 is 2.67 bits per heavy atom. The molecule has 3 unspecified atom stereocenters. The molecule has 1 nitrogen and oxygen atoms in total. The maximum absolute atomic E-state index is 12.7. The van der Waals surface area contributed by atoms with Crippen molar-refractivity contribution in [1.29, 1.82) is 0 Å². The molecule has 1 fully saturated rings. The molecule has 0 aromatic heterocycles. The molecule has 0 aromatic rings. The highest BCUT2D eigenvalue weighted by Gasteiger charge is 2.42. The Hall–Kier alpha value is 0.100. The summed E-state index contributed by atoms with van der Waals surface area (Å²) in [6.45, 7) is 4.20. The highest BCUT2D eigenvalue weighted by molar-refractivity contribution is 7.99. The summed E-state index contributed by atoms with van der Waals surface area (Å²) in [6.07, 6.45) is -0.833. The fraction of sp³-hybridized carbons (Fsp3) is 1.00. The standard InChI is InChI=1S/C13H24F3NS/c1-3-18-8-7-10(2)17-12-6-4-5-11(9-12)13(14,15)16/h10-12,17H,3-9H2,1-2H3. The van der Waals surface area contributed by atoms with Crippen molar-refractivity contribution in [3.8, 4) is 0 Å². The average molecular weight is 283 g/mol. The third-order valence-corrected chi connectivity index (χ3v) is 4.49. The number of alkyl halides is 3. The lowest BCUT2D eigenvalue weighted by molar-refractivity contribution is -0.183. The van der Waals surface area contributed by atoms with Crippen LogP contribution in [0.4, 0.5) is 13.2 Å². The van der Waals surface area contributed by atoms with Crippen molar-refractivity contribution < 1.29 is 13.2 Å². The van der Waals surface area contributed by atoms with Crippen LogP contribution in [0.25, 0.3) is 0 Å². The summed E-state index contributed by atoms with van der Waals surface area (Å²) in [7, 11) is 0. The Kier molecular flexibility index (Phi) is 6.85. The van der Waals surface area contributed by atoms with Gasteiger partial charge in [0.2, 0.25) is 0 Å². The van der Waals surface area contributed by atoms with Gasteiger partial charge >= 0.3 is 6.18 Å². The lowest BCUT2D eigenvalue weighted by Crippen LogP contribution is -2.42. The van der Waals surface area contributed by atoms with Crippen molar-refractivity contribution >= 4 is 11.8 Å².